The van der Waals surface area contributed by atoms with Crippen molar-refractivity contribution in [3.63, 3.8) is 0 Å². The Bertz CT molecular complexity index is 781. The first-order chi connectivity index (χ1) is 10.7. The van der Waals surface area contributed by atoms with Crippen molar-refractivity contribution in [2.24, 2.45) is 0 Å². The van der Waals surface area contributed by atoms with E-state index in [9.17, 15) is 0 Å². The SMILES string of the molecule is COc1cccc(-c2nnc(SC)n2-c2ccc(C)cc2)c1. The molecular formula is C17H17N3OS. The zero-order valence-electron chi connectivity index (χ0n) is 12.8. The number of nitrogens with zero attached hydrogens (tertiary/aromatic N) is 3. The van der Waals surface area contributed by atoms with E-state index >= 15 is 0 Å². The molecule has 0 fully saturated rings. The van der Waals surface area contributed by atoms with Gasteiger partial charge in [0.05, 0.1) is 7.11 Å². The van der Waals surface area contributed by atoms with Gasteiger partial charge in [0.25, 0.3) is 0 Å². The molecule has 0 amide bonds. The van der Waals surface area contributed by atoms with Crippen LogP contribution in [0.2, 0.25) is 0 Å². The number of aryl methyl sites for hydroxylation is 1. The lowest BCUT2D eigenvalue weighted by Crippen LogP contribution is -1.99. The lowest BCUT2D eigenvalue weighted by atomic mass is 10.2. The first kappa shape index (κ1) is 14.7. The molecule has 0 saturated heterocycles. The lowest BCUT2D eigenvalue weighted by Gasteiger charge is -2.10. The van der Waals surface area contributed by atoms with Crippen LogP contribution in [0.4, 0.5) is 0 Å². The van der Waals surface area contributed by atoms with Crippen molar-refractivity contribution in [2.45, 2.75) is 12.1 Å². The van der Waals surface area contributed by atoms with Gasteiger partial charge in [-0.15, -0.1) is 10.2 Å². The largest absolute Gasteiger partial charge is 0.497 e. The summed E-state index contributed by atoms with van der Waals surface area (Å²) in [6.45, 7) is 2.08. The van der Waals surface area contributed by atoms with Crippen molar-refractivity contribution in [1.82, 2.24) is 14.8 Å². The Hall–Kier alpha value is -2.27. The highest BCUT2D eigenvalue weighted by Gasteiger charge is 2.15. The molecule has 0 atom stereocenters. The lowest BCUT2D eigenvalue weighted by molar-refractivity contribution is 0.415. The Labute approximate surface area is 134 Å². The fourth-order valence-corrected chi connectivity index (χ4v) is 2.77. The van der Waals surface area contributed by atoms with Gasteiger partial charge in [-0.2, -0.15) is 0 Å². The molecule has 0 saturated carbocycles. The maximum absolute atomic E-state index is 5.31. The number of hydrogen-bond donors (Lipinski definition) is 0. The van der Waals surface area contributed by atoms with Crippen LogP contribution in [0.1, 0.15) is 5.56 Å². The molecule has 22 heavy (non-hydrogen) atoms. The molecule has 0 bridgehead atoms. The number of aromatic nitrogens is 3. The fourth-order valence-electron chi connectivity index (χ4n) is 2.28. The molecule has 0 aliphatic rings. The standard InChI is InChI=1S/C17H17N3OS/c1-12-7-9-14(10-8-12)20-16(18-19-17(20)22-3)13-5-4-6-15(11-13)21-2/h4-11H,1-3H3. The molecule has 0 aliphatic carbocycles. The summed E-state index contributed by atoms with van der Waals surface area (Å²) in [5, 5.41) is 9.53. The average molecular weight is 311 g/mol. The minimum Gasteiger partial charge on any atom is -0.497 e. The third-order valence-corrected chi connectivity index (χ3v) is 4.07. The summed E-state index contributed by atoms with van der Waals surface area (Å²) in [7, 11) is 1.66. The van der Waals surface area contributed by atoms with E-state index in [-0.39, 0.29) is 0 Å². The highest BCUT2D eigenvalue weighted by Crippen LogP contribution is 2.28. The number of methoxy groups -OCH3 is 1. The van der Waals surface area contributed by atoms with Crippen LogP contribution in [0, 0.1) is 6.92 Å². The summed E-state index contributed by atoms with van der Waals surface area (Å²) < 4.78 is 7.38. The smallest absolute Gasteiger partial charge is 0.195 e. The third kappa shape index (κ3) is 2.72. The highest BCUT2D eigenvalue weighted by molar-refractivity contribution is 7.98. The van der Waals surface area contributed by atoms with Crippen LogP contribution in [0.3, 0.4) is 0 Å². The van der Waals surface area contributed by atoms with Gasteiger partial charge in [0.15, 0.2) is 11.0 Å². The average Bonchev–Trinajstić information content (AvgIpc) is 2.99. The topological polar surface area (TPSA) is 39.9 Å². The molecule has 112 valence electrons. The van der Waals surface area contributed by atoms with Gasteiger partial charge in [-0.3, -0.25) is 4.57 Å². The number of rotatable bonds is 4. The highest BCUT2D eigenvalue weighted by atomic mass is 32.2. The molecule has 1 heterocycles. The molecule has 0 spiro atoms. The number of benzene rings is 2. The first-order valence-corrected chi connectivity index (χ1v) is 8.16. The van der Waals surface area contributed by atoms with E-state index in [0.717, 1.165) is 28.0 Å². The van der Waals surface area contributed by atoms with E-state index in [1.807, 2.05) is 30.5 Å². The van der Waals surface area contributed by atoms with Gasteiger partial charge >= 0.3 is 0 Å². The minimum absolute atomic E-state index is 0.807. The summed E-state index contributed by atoms with van der Waals surface area (Å²) in [6.07, 6.45) is 2.00. The van der Waals surface area contributed by atoms with Gasteiger partial charge in [-0.25, -0.2) is 0 Å². The van der Waals surface area contributed by atoms with E-state index in [2.05, 4.69) is 46.0 Å². The molecular weight excluding hydrogens is 294 g/mol. The molecule has 0 radical (unpaired) electrons. The maximum Gasteiger partial charge on any atom is 0.195 e. The molecule has 3 aromatic rings. The van der Waals surface area contributed by atoms with Gasteiger partial charge in [-0.05, 0) is 37.4 Å². The summed E-state index contributed by atoms with van der Waals surface area (Å²) in [5.74, 6) is 1.62. The van der Waals surface area contributed by atoms with Crippen molar-refractivity contribution in [1.29, 1.82) is 0 Å². The Morgan fingerprint density at radius 3 is 2.50 bits per heavy atom. The van der Waals surface area contributed by atoms with E-state index in [1.54, 1.807) is 18.9 Å². The zero-order valence-corrected chi connectivity index (χ0v) is 13.6. The van der Waals surface area contributed by atoms with Crippen molar-refractivity contribution in [2.75, 3.05) is 13.4 Å². The van der Waals surface area contributed by atoms with Crippen molar-refractivity contribution >= 4 is 11.8 Å². The molecule has 3 rings (SSSR count). The Morgan fingerprint density at radius 2 is 1.82 bits per heavy atom. The van der Waals surface area contributed by atoms with Crippen LogP contribution in [0.25, 0.3) is 17.1 Å². The predicted molar refractivity (Wildman–Crippen MR) is 89.9 cm³/mol. The van der Waals surface area contributed by atoms with Crippen LogP contribution in [-0.2, 0) is 0 Å². The quantitative estimate of drug-likeness (QED) is 0.683. The third-order valence-electron chi connectivity index (χ3n) is 3.44. The molecule has 5 heteroatoms. The predicted octanol–water partition coefficient (Wildman–Crippen LogP) is 3.97. The normalized spacial score (nSPS) is 10.7. The fraction of sp³-hybridized carbons (Fsp3) is 0.176. The van der Waals surface area contributed by atoms with Crippen LogP contribution in [0.15, 0.2) is 53.7 Å². The molecule has 1 aromatic heterocycles. The van der Waals surface area contributed by atoms with Gasteiger partial charge in [-0.1, -0.05) is 41.6 Å². The van der Waals surface area contributed by atoms with E-state index in [1.165, 1.54) is 5.56 Å². The van der Waals surface area contributed by atoms with Crippen LogP contribution >= 0.6 is 11.8 Å². The Kier molecular flexibility index (Phi) is 4.15. The van der Waals surface area contributed by atoms with Crippen molar-refractivity contribution < 1.29 is 4.74 Å². The monoisotopic (exact) mass is 311 g/mol. The van der Waals surface area contributed by atoms with E-state index in [4.69, 9.17) is 4.74 Å². The summed E-state index contributed by atoms with van der Waals surface area (Å²) in [6, 6.07) is 16.2. The summed E-state index contributed by atoms with van der Waals surface area (Å²) in [5.41, 5.74) is 3.26. The molecule has 0 N–H and O–H groups in total. The number of thioether (sulfide) groups is 1. The van der Waals surface area contributed by atoms with Crippen LogP contribution in [-0.4, -0.2) is 28.1 Å². The second-order valence-electron chi connectivity index (χ2n) is 4.91. The molecule has 2 aromatic carbocycles. The second kappa shape index (κ2) is 6.23. The Balaban J connectivity index is 2.16. The Morgan fingerprint density at radius 1 is 1.05 bits per heavy atom. The number of hydrogen-bond acceptors (Lipinski definition) is 4. The van der Waals surface area contributed by atoms with Gasteiger partial charge in [0.2, 0.25) is 0 Å². The van der Waals surface area contributed by atoms with Gasteiger partial charge in [0, 0.05) is 11.3 Å². The van der Waals surface area contributed by atoms with Crippen LogP contribution in [0.5, 0.6) is 5.75 Å². The van der Waals surface area contributed by atoms with Crippen molar-refractivity contribution in [3.05, 3.63) is 54.1 Å². The minimum atomic E-state index is 0.807. The number of ether oxygens (including phenoxy) is 1. The van der Waals surface area contributed by atoms with E-state index < -0.39 is 0 Å². The van der Waals surface area contributed by atoms with E-state index in [0.29, 0.717) is 0 Å². The van der Waals surface area contributed by atoms with Crippen molar-refractivity contribution in [3.8, 4) is 22.8 Å². The summed E-state index contributed by atoms with van der Waals surface area (Å²) in [4.78, 5) is 0. The summed E-state index contributed by atoms with van der Waals surface area (Å²) >= 11 is 1.58. The van der Waals surface area contributed by atoms with Gasteiger partial charge < -0.3 is 4.74 Å². The first-order valence-electron chi connectivity index (χ1n) is 6.94. The second-order valence-corrected chi connectivity index (χ2v) is 5.69. The molecule has 4 nitrogen and oxygen atoms in total. The van der Waals surface area contributed by atoms with Crippen LogP contribution < -0.4 is 4.74 Å². The maximum atomic E-state index is 5.31. The zero-order chi connectivity index (χ0) is 15.5. The molecule has 0 unspecified atom stereocenters. The van der Waals surface area contributed by atoms with Gasteiger partial charge in [0.1, 0.15) is 5.75 Å². The molecule has 0 aliphatic heterocycles.